The van der Waals surface area contributed by atoms with Gasteiger partial charge in [0, 0.05) is 5.56 Å². The molecule has 3 rings (SSSR count). The first-order valence-corrected chi connectivity index (χ1v) is 5.67. The van der Waals surface area contributed by atoms with Gasteiger partial charge in [0.25, 0.3) is 0 Å². The minimum atomic E-state index is 0.115. The number of aromatic nitrogens is 4. The monoisotopic (exact) mass is 253 g/mol. The molecular weight excluding hydrogens is 242 g/mol. The maximum absolute atomic E-state index is 5.62. The van der Waals surface area contributed by atoms with Crippen LogP contribution in [0.3, 0.4) is 0 Å². The van der Waals surface area contributed by atoms with Crippen LogP contribution in [0.4, 0.5) is 5.95 Å². The summed E-state index contributed by atoms with van der Waals surface area (Å²) in [5.74, 6) is 0.443. The Hall–Kier alpha value is -2.76. The molecule has 0 saturated carbocycles. The third-order valence-electron chi connectivity index (χ3n) is 2.66. The molecule has 0 radical (unpaired) electrons. The van der Waals surface area contributed by atoms with Crippen LogP contribution in [-0.2, 0) is 0 Å². The lowest BCUT2D eigenvalue weighted by Crippen LogP contribution is -2.02. The predicted octanol–water partition coefficient (Wildman–Crippen LogP) is 1.68. The SMILES string of the molecule is COc1nc(N)nc2nc(-c3ccccc3)cnc12. The summed E-state index contributed by atoms with van der Waals surface area (Å²) in [4.78, 5) is 16.8. The van der Waals surface area contributed by atoms with E-state index in [9.17, 15) is 0 Å². The second-order valence-corrected chi connectivity index (χ2v) is 3.88. The molecule has 19 heavy (non-hydrogen) atoms. The Balaban J connectivity index is 2.21. The van der Waals surface area contributed by atoms with Crippen molar-refractivity contribution in [1.29, 1.82) is 0 Å². The highest BCUT2D eigenvalue weighted by Crippen LogP contribution is 2.22. The maximum Gasteiger partial charge on any atom is 0.246 e. The van der Waals surface area contributed by atoms with Crippen LogP contribution < -0.4 is 10.5 Å². The third-order valence-corrected chi connectivity index (χ3v) is 2.66. The van der Waals surface area contributed by atoms with E-state index in [1.165, 1.54) is 7.11 Å². The molecule has 0 saturated heterocycles. The average molecular weight is 253 g/mol. The topological polar surface area (TPSA) is 86.8 Å². The van der Waals surface area contributed by atoms with Crippen molar-refractivity contribution in [3.05, 3.63) is 36.5 Å². The van der Waals surface area contributed by atoms with Crippen LogP contribution >= 0.6 is 0 Å². The summed E-state index contributed by atoms with van der Waals surface area (Å²) in [5, 5.41) is 0. The molecule has 0 bridgehead atoms. The normalized spacial score (nSPS) is 10.6. The number of ether oxygens (including phenoxy) is 1. The smallest absolute Gasteiger partial charge is 0.246 e. The number of nitrogen functional groups attached to an aromatic ring is 1. The highest BCUT2D eigenvalue weighted by Gasteiger charge is 2.10. The number of rotatable bonds is 2. The fourth-order valence-electron chi connectivity index (χ4n) is 1.79. The summed E-state index contributed by atoms with van der Waals surface area (Å²) < 4.78 is 5.12. The number of nitrogens with zero attached hydrogens (tertiary/aromatic N) is 4. The highest BCUT2D eigenvalue weighted by molar-refractivity contribution is 5.78. The quantitative estimate of drug-likeness (QED) is 0.747. The summed E-state index contributed by atoms with van der Waals surface area (Å²) in [6, 6.07) is 9.74. The Kier molecular flexibility index (Phi) is 2.68. The zero-order valence-corrected chi connectivity index (χ0v) is 10.2. The largest absolute Gasteiger partial charge is 0.479 e. The van der Waals surface area contributed by atoms with Gasteiger partial charge in [-0.15, -0.1) is 0 Å². The van der Waals surface area contributed by atoms with E-state index in [1.807, 2.05) is 30.3 Å². The Morgan fingerprint density at radius 3 is 2.58 bits per heavy atom. The van der Waals surface area contributed by atoms with Gasteiger partial charge in [-0.1, -0.05) is 30.3 Å². The number of fused-ring (bicyclic) bond motifs is 1. The number of hydrogen-bond acceptors (Lipinski definition) is 6. The van der Waals surface area contributed by atoms with Gasteiger partial charge in [-0.3, -0.25) is 0 Å². The first-order chi connectivity index (χ1) is 9.28. The van der Waals surface area contributed by atoms with E-state index >= 15 is 0 Å². The molecule has 6 nitrogen and oxygen atoms in total. The van der Waals surface area contributed by atoms with Gasteiger partial charge in [-0.25, -0.2) is 9.97 Å². The second-order valence-electron chi connectivity index (χ2n) is 3.88. The Morgan fingerprint density at radius 2 is 1.84 bits per heavy atom. The molecule has 1 aromatic carbocycles. The van der Waals surface area contributed by atoms with Crippen molar-refractivity contribution >= 4 is 17.1 Å². The van der Waals surface area contributed by atoms with Gasteiger partial charge >= 0.3 is 0 Å². The van der Waals surface area contributed by atoms with E-state index in [4.69, 9.17) is 10.5 Å². The van der Waals surface area contributed by atoms with Crippen LogP contribution in [0.25, 0.3) is 22.4 Å². The predicted molar refractivity (Wildman–Crippen MR) is 71.5 cm³/mol. The first kappa shape index (κ1) is 11.3. The van der Waals surface area contributed by atoms with Crippen LogP contribution in [0.15, 0.2) is 36.5 Å². The van der Waals surface area contributed by atoms with E-state index in [-0.39, 0.29) is 5.95 Å². The molecule has 2 aromatic heterocycles. The second kappa shape index (κ2) is 4.49. The zero-order chi connectivity index (χ0) is 13.2. The van der Waals surface area contributed by atoms with Gasteiger partial charge in [0.05, 0.1) is 19.0 Å². The lowest BCUT2D eigenvalue weighted by atomic mass is 10.2. The Labute approximate surface area is 109 Å². The fraction of sp³-hybridized carbons (Fsp3) is 0.0769. The van der Waals surface area contributed by atoms with Crippen LogP contribution in [0, 0.1) is 0 Å². The van der Waals surface area contributed by atoms with Crippen molar-refractivity contribution in [2.24, 2.45) is 0 Å². The lowest BCUT2D eigenvalue weighted by Gasteiger charge is -2.05. The van der Waals surface area contributed by atoms with Crippen molar-refractivity contribution in [2.75, 3.05) is 12.8 Å². The molecule has 0 spiro atoms. The number of methoxy groups -OCH3 is 1. The number of benzene rings is 1. The molecule has 0 unspecified atom stereocenters. The molecule has 0 atom stereocenters. The highest BCUT2D eigenvalue weighted by atomic mass is 16.5. The number of hydrogen-bond donors (Lipinski definition) is 1. The van der Waals surface area contributed by atoms with Crippen molar-refractivity contribution in [2.45, 2.75) is 0 Å². The van der Waals surface area contributed by atoms with Crippen molar-refractivity contribution in [3.8, 4) is 17.1 Å². The molecule has 2 heterocycles. The summed E-state index contributed by atoms with van der Waals surface area (Å²) in [6.07, 6.45) is 1.67. The molecule has 3 aromatic rings. The van der Waals surface area contributed by atoms with E-state index in [0.717, 1.165) is 11.3 Å². The molecule has 0 aliphatic rings. The Morgan fingerprint density at radius 1 is 1.05 bits per heavy atom. The minimum Gasteiger partial charge on any atom is -0.479 e. The minimum absolute atomic E-state index is 0.115. The van der Waals surface area contributed by atoms with Gasteiger partial charge in [0.1, 0.15) is 0 Å². The van der Waals surface area contributed by atoms with Gasteiger partial charge < -0.3 is 10.5 Å². The zero-order valence-electron chi connectivity index (χ0n) is 10.2. The number of anilines is 1. The molecule has 0 amide bonds. The average Bonchev–Trinajstić information content (AvgIpc) is 2.46. The standard InChI is InChI=1S/C13H11N5O/c1-19-12-10-11(17-13(14)18-12)16-9(7-15-10)8-5-3-2-4-6-8/h2-7H,1H3,(H2,14,16,17,18). The molecular formula is C13H11N5O. The molecule has 0 aliphatic heterocycles. The molecule has 0 fully saturated rings. The van der Waals surface area contributed by atoms with Crippen LogP contribution in [-0.4, -0.2) is 27.0 Å². The van der Waals surface area contributed by atoms with Gasteiger partial charge in [-0.05, 0) is 0 Å². The van der Waals surface area contributed by atoms with Gasteiger partial charge in [0.15, 0.2) is 11.2 Å². The maximum atomic E-state index is 5.62. The molecule has 0 aliphatic carbocycles. The van der Waals surface area contributed by atoms with E-state index in [2.05, 4.69) is 19.9 Å². The number of nitrogens with two attached hydrogens (primary N) is 1. The van der Waals surface area contributed by atoms with Crippen LogP contribution in [0.2, 0.25) is 0 Å². The molecule has 2 N–H and O–H groups in total. The lowest BCUT2D eigenvalue weighted by molar-refractivity contribution is 0.402. The fourth-order valence-corrected chi connectivity index (χ4v) is 1.79. The third kappa shape index (κ3) is 2.03. The summed E-state index contributed by atoms with van der Waals surface area (Å²) >= 11 is 0. The summed E-state index contributed by atoms with van der Waals surface area (Å²) in [6.45, 7) is 0. The van der Waals surface area contributed by atoms with Crippen LogP contribution in [0.1, 0.15) is 0 Å². The van der Waals surface area contributed by atoms with Crippen molar-refractivity contribution < 1.29 is 4.74 Å². The van der Waals surface area contributed by atoms with E-state index in [1.54, 1.807) is 6.20 Å². The first-order valence-electron chi connectivity index (χ1n) is 5.67. The van der Waals surface area contributed by atoms with Gasteiger partial charge in [-0.2, -0.15) is 9.97 Å². The van der Waals surface area contributed by atoms with E-state index in [0.29, 0.717) is 17.0 Å². The van der Waals surface area contributed by atoms with Crippen molar-refractivity contribution in [1.82, 2.24) is 19.9 Å². The van der Waals surface area contributed by atoms with Crippen molar-refractivity contribution in [3.63, 3.8) is 0 Å². The van der Waals surface area contributed by atoms with Crippen LogP contribution in [0.5, 0.6) is 5.88 Å². The summed E-state index contributed by atoms with van der Waals surface area (Å²) in [5.41, 5.74) is 8.23. The molecule has 94 valence electrons. The Bertz CT molecular complexity index is 730. The van der Waals surface area contributed by atoms with Gasteiger partial charge in [0.2, 0.25) is 11.8 Å². The molecule has 6 heteroatoms. The summed E-state index contributed by atoms with van der Waals surface area (Å²) in [7, 11) is 1.51. The van der Waals surface area contributed by atoms with E-state index < -0.39 is 0 Å².